The van der Waals surface area contributed by atoms with Crippen molar-refractivity contribution in [3.8, 4) is 0 Å². The van der Waals surface area contributed by atoms with Crippen molar-refractivity contribution in [2.45, 2.75) is 23.5 Å². The number of carbonyl (C=O) groups excluding carboxylic acids is 1. The van der Waals surface area contributed by atoms with Crippen LogP contribution in [0, 0.1) is 0 Å². The Morgan fingerprint density at radius 1 is 1.11 bits per heavy atom. The van der Waals surface area contributed by atoms with Gasteiger partial charge in [-0.1, -0.05) is 29.8 Å². The molecule has 2 aromatic rings. The van der Waals surface area contributed by atoms with Crippen molar-refractivity contribution in [3.05, 3.63) is 59.1 Å². The second kappa shape index (κ2) is 7.04. The van der Waals surface area contributed by atoms with E-state index in [2.05, 4.69) is 0 Å². The first-order valence-corrected chi connectivity index (χ1v) is 12.0. The van der Waals surface area contributed by atoms with Gasteiger partial charge in [0, 0.05) is 22.2 Å². The average Bonchev–Trinajstić information content (AvgIpc) is 3.06. The molecule has 0 spiro atoms. The first-order valence-electron chi connectivity index (χ1n) is 8.57. The molecule has 5 nitrogen and oxygen atoms in total. The maximum absolute atomic E-state index is 13.2. The molecule has 2 saturated heterocycles. The molecule has 2 aliphatic rings. The summed E-state index contributed by atoms with van der Waals surface area (Å²) in [4.78, 5) is 17.6. The summed E-state index contributed by atoms with van der Waals surface area (Å²) in [6, 6.07) is 14.1. The monoisotopic (exact) mass is 422 g/mol. The van der Waals surface area contributed by atoms with E-state index in [0.29, 0.717) is 11.6 Å². The van der Waals surface area contributed by atoms with Crippen LogP contribution in [0.1, 0.15) is 5.56 Å². The third kappa shape index (κ3) is 3.56. The molecule has 4 rings (SSSR count). The van der Waals surface area contributed by atoms with Gasteiger partial charge in [-0.15, -0.1) is 11.8 Å². The van der Waals surface area contributed by atoms with Gasteiger partial charge in [0.15, 0.2) is 9.84 Å². The van der Waals surface area contributed by atoms with Crippen LogP contribution in [0.3, 0.4) is 0 Å². The molecule has 2 heterocycles. The molecule has 0 aromatic heterocycles. The SMILES string of the molecule is CSc1cccc(N2C(=O)N(Cc3cccc(Cl)c3)[C@@H]3CS(=O)(=O)C[C@H]32)c1. The zero-order valence-electron chi connectivity index (χ0n) is 14.7. The molecule has 0 bridgehead atoms. The average molecular weight is 423 g/mol. The number of sulfone groups is 1. The van der Waals surface area contributed by atoms with Crippen LogP contribution in [0.15, 0.2) is 53.4 Å². The van der Waals surface area contributed by atoms with E-state index < -0.39 is 9.84 Å². The van der Waals surface area contributed by atoms with Crippen LogP contribution in [0.5, 0.6) is 0 Å². The van der Waals surface area contributed by atoms with E-state index in [9.17, 15) is 13.2 Å². The fourth-order valence-electron chi connectivity index (χ4n) is 3.86. The van der Waals surface area contributed by atoms with Gasteiger partial charge in [0.05, 0.1) is 23.6 Å². The first kappa shape index (κ1) is 18.7. The molecule has 8 heteroatoms. The van der Waals surface area contributed by atoms with Gasteiger partial charge in [-0.3, -0.25) is 4.90 Å². The highest BCUT2D eigenvalue weighted by Crippen LogP contribution is 2.37. The summed E-state index contributed by atoms with van der Waals surface area (Å²) >= 11 is 7.66. The van der Waals surface area contributed by atoms with Crippen LogP contribution in [0.25, 0.3) is 0 Å². The standard InChI is InChI=1S/C19H19ClN2O3S2/c1-26-16-7-3-6-15(9-16)22-18-12-27(24,25)11-17(18)21(19(22)23)10-13-4-2-5-14(20)8-13/h2-9,17-18H,10-12H2,1H3/t17-,18-/m1/s1. The summed E-state index contributed by atoms with van der Waals surface area (Å²) in [5.41, 5.74) is 1.63. The molecule has 0 aliphatic carbocycles. The van der Waals surface area contributed by atoms with E-state index in [-0.39, 0.29) is 29.6 Å². The highest BCUT2D eigenvalue weighted by atomic mass is 35.5. The molecule has 2 atom stereocenters. The Hall–Kier alpha value is -1.70. The number of thioether (sulfide) groups is 1. The topological polar surface area (TPSA) is 57.7 Å². The summed E-state index contributed by atoms with van der Waals surface area (Å²) in [7, 11) is -3.19. The van der Waals surface area contributed by atoms with E-state index in [1.807, 2.05) is 48.7 Å². The van der Waals surface area contributed by atoms with Gasteiger partial charge in [-0.25, -0.2) is 13.2 Å². The number of hydrogen-bond acceptors (Lipinski definition) is 4. The minimum atomic E-state index is -3.19. The zero-order valence-corrected chi connectivity index (χ0v) is 17.1. The van der Waals surface area contributed by atoms with E-state index in [1.165, 1.54) is 0 Å². The normalized spacial score (nSPS) is 23.7. The molecule has 0 unspecified atom stereocenters. The van der Waals surface area contributed by atoms with Gasteiger partial charge in [0.25, 0.3) is 0 Å². The summed E-state index contributed by atoms with van der Waals surface area (Å²) < 4.78 is 24.6. The predicted octanol–water partition coefficient (Wildman–Crippen LogP) is 3.67. The highest BCUT2D eigenvalue weighted by molar-refractivity contribution is 7.98. The van der Waals surface area contributed by atoms with Gasteiger partial charge in [0.1, 0.15) is 0 Å². The molecule has 2 aromatic carbocycles. The molecule has 2 aliphatic heterocycles. The lowest BCUT2D eigenvalue weighted by atomic mass is 10.1. The summed E-state index contributed by atoms with van der Waals surface area (Å²) in [5, 5.41) is 0.597. The fraction of sp³-hybridized carbons (Fsp3) is 0.316. The van der Waals surface area contributed by atoms with Gasteiger partial charge >= 0.3 is 6.03 Å². The fourth-order valence-corrected chi connectivity index (χ4v) is 6.47. The Bertz CT molecular complexity index is 996. The van der Waals surface area contributed by atoms with Crippen LogP contribution in [-0.4, -0.2) is 49.2 Å². The lowest BCUT2D eigenvalue weighted by molar-refractivity contribution is 0.206. The highest BCUT2D eigenvalue weighted by Gasteiger charge is 2.53. The summed E-state index contributed by atoms with van der Waals surface area (Å²) in [6.07, 6.45) is 1.97. The van der Waals surface area contributed by atoms with E-state index >= 15 is 0 Å². The Morgan fingerprint density at radius 3 is 2.59 bits per heavy atom. The van der Waals surface area contributed by atoms with Crippen LogP contribution in [-0.2, 0) is 16.4 Å². The van der Waals surface area contributed by atoms with Crippen LogP contribution in [0.2, 0.25) is 5.02 Å². The van der Waals surface area contributed by atoms with Crippen molar-refractivity contribution in [2.75, 3.05) is 22.7 Å². The first-order chi connectivity index (χ1) is 12.9. The quantitative estimate of drug-likeness (QED) is 0.557. The largest absolute Gasteiger partial charge is 0.325 e. The lowest BCUT2D eigenvalue weighted by Gasteiger charge is -2.23. The number of nitrogens with zero attached hydrogens (tertiary/aromatic N) is 2. The second-order valence-electron chi connectivity index (χ2n) is 6.82. The van der Waals surface area contributed by atoms with Crippen molar-refractivity contribution < 1.29 is 13.2 Å². The number of benzene rings is 2. The number of hydrogen-bond donors (Lipinski definition) is 0. The van der Waals surface area contributed by atoms with Gasteiger partial charge in [-0.2, -0.15) is 0 Å². The predicted molar refractivity (Wildman–Crippen MR) is 109 cm³/mol. The van der Waals surface area contributed by atoms with Gasteiger partial charge < -0.3 is 4.90 Å². The van der Waals surface area contributed by atoms with E-state index in [4.69, 9.17) is 11.6 Å². The zero-order chi connectivity index (χ0) is 19.2. The number of rotatable bonds is 4. The van der Waals surface area contributed by atoms with Gasteiger partial charge in [-0.05, 0) is 42.2 Å². The maximum Gasteiger partial charge on any atom is 0.325 e. The number of fused-ring (bicyclic) bond motifs is 1. The number of amides is 2. The van der Waals surface area contributed by atoms with Crippen molar-refractivity contribution >= 4 is 44.9 Å². The van der Waals surface area contributed by atoms with Crippen molar-refractivity contribution in [3.63, 3.8) is 0 Å². The smallest absolute Gasteiger partial charge is 0.314 e. The summed E-state index contributed by atoms with van der Waals surface area (Å²) in [6.45, 7) is 0.342. The molecule has 0 saturated carbocycles. The lowest BCUT2D eigenvalue weighted by Crippen LogP contribution is -2.37. The van der Waals surface area contributed by atoms with Crippen LogP contribution in [0.4, 0.5) is 10.5 Å². The van der Waals surface area contributed by atoms with Crippen molar-refractivity contribution in [2.24, 2.45) is 0 Å². The molecule has 0 radical (unpaired) electrons. The third-order valence-electron chi connectivity index (χ3n) is 5.05. The van der Waals surface area contributed by atoms with Crippen molar-refractivity contribution in [1.29, 1.82) is 0 Å². The van der Waals surface area contributed by atoms with Crippen LogP contribution >= 0.6 is 23.4 Å². The van der Waals surface area contributed by atoms with Crippen molar-refractivity contribution in [1.82, 2.24) is 4.90 Å². The molecule has 27 heavy (non-hydrogen) atoms. The van der Waals surface area contributed by atoms with Gasteiger partial charge in [0.2, 0.25) is 0 Å². The molecular formula is C19H19ClN2O3S2. The molecule has 142 valence electrons. The van der Waals surface area contributed by atoms with E-state index in [0.717, 1.165) is 16.1 Å². The van der Waals surface area contributed by atoms with Crippen LogP contribution < -0.4 is 4.90 Å². The third-order valence-corrected chi connectivity index (χ3v) is 7.71. The molecular weight excluding hydrogens is 404 g/mol. The Kier molecular flexibility index (Phi) is 4.86. The molecule has 2 fully saturated rings. The Balaban J connectivity index is 1.71. The number of urea groups is 1. The molecule has 2 amide bonds. The minimum absolute atomic E-state index is 0.00104. The number of carbonyl (C=O) groups is 1. The number of anilines is 1. The Labute approximate surface area is 168 Å². The molecule has 0 N–H and O–H groups in total. The van der Waals surface area contributed by atoms with E-state index in [1.54, 1.807) is 27.6 Å². The minimum Gasteiger partial charge on any atom is -0.314 e. The second-order valence-corrected chi connectivity index (χ2v) is 10.3. The number of halogens is 1. The summed E-state index contributed by atoms with van der Waals surface area (Å²) in [5.74, 6) is 0.00163. The Morgan fingerprint density at radius 2 is 1.85 bits per heavy atom. The maximum atomic E-state index is 13.2.